The second-order valence-electron chi connectivity index (χ2n) is 2.76. The van der Waals surface area contributed by atoms with Gasteiger partial charge >= 0.3 is 11.9 Å². The number of carbonyl (C=O) groups is 2. The van der Waals surface area contributed by atoms with Gasteiger partial charge < -0.3 is 10.2 Å². The van der Waals surface area contributed by atoms with E-state index in [1.165, 1.54) is 13.0 Å². The van der Waals surface area contributed by atoms with Gasteiger partial charge in [0.1, 0.15) is 0 Å². The Hall–Kier alpha value is -1.55. The summed E-state index contributed by atoms with van der Waals surface area (Å²) < 4.78 is 0. The summed E-state index contributed by atoms with van der Waals surface area (Å²) >= 11 is 5.61. The van der Waals surface area contributed by atoms with Crippen LogP contribution in [0, 0.1) is 6.92 Å². The van der Waals surface area contributed by atoms with Crippen molar-refractivity contribution >= 4 is 23.5 Å². The summed E-state index contributed by atoms with van der Waals surface area (Å²) in [7, 11) is 0. The SMILES string of the molecule is Cc1cc(Cl)cc(C(=O)O)c1C(=O)O. The van der Waals surface area contributed by atoms with Gasteiger partial charge in [0, 0.05) is 5.02 Å². The molecule has 0 heterocycles. The van der Waals surface area contributed by atoms with E-state index < -0.39 is 11.9 Å². The van der Waals surface area contributed by atoms with Gasteiger partial charge in [-0.3, -0.25) is 0 Å². The predicted octanol–water partition coefficient (Wildman–Crippen LogP) is 2.04. The third-order valence-corrected chi connectivity index (χ3v) is 1.96. The van der Waals surface area contributed by atoms with Crippen molar-refractivity contribution in [2.45, 2.75) is 6.92 Å². The average Bonchev–Trinajstić information content (AvgIpc) is 2.01. The van der Waals surface area contributed by atoms with Gasteiger partial charge in [0.25, 0.3) is 0 Å². The molecule has 0 aliphatic carbocycles. The molecule has 0 aliphatic rings. The predicted molar refractivity (Wildman–Crippen MR) is 50.1 cm³/mol. The van der Waals surface area contributed by atoms with Crippen LogP contribution in [0.3, 0.4) is 0 Å². The summed E-state index contributed by atoms with van der Waals surface area (Å²) in [6.07, 6.45) is 0. The molecule has 4 nitrogen and oxygen atoms in total. The summed E-state index contributed by atoms with van der Waals surface area (Å²) in [6.45, 7) is 1.50. The number of rotatable bonds is 2. The zero-order valence-corrected chi connectivity index (χ0v) is 8.00. The van der Waals surface area contributed by atoms with Crippen LogP contribution in [0.15, 0.2) is 12.1 Å². The first-order chi connectivity index (χ1) is 6.43. The van der Waals surface area contributed by atoms with Crippen LogP contribution >= 0.6 is 11.6 Å². The maximum atomic E-state index is 10.8. The number of hydrogen-bond acceptors (Lipinski definition) is 2. The Morgan fingerprint density at radius 1 is 1.21 bits per heavy atom. The van der Waals surface area contributed by atoms with Crippen molar-refractivity contribution in [3.8, 4) is 0 Å². The minimum absolute atomic E-state index is 0.213. The lowest BCUT2D eigenvalue weighted by Crippen LogP contribution is -2.10. The van der Waals surface area contributed by atoms with Crippen molar-refractivity contribution in [1.29, 1.82) is 0 Å². The summed E-state index contributed by atoms with van der Waals surface area (Å²) in [5, 5.41) is 17.7. The minimum atomic E-state index is -1.30. The summed E-state index contributed by atoms with van der Waals surface area (Å²) in [5.41, 5.74) is -0.174. The molecular formula is C9H7ClO4. The van der Waals surface area contributed by atoms with Gasteiger partial charge in [0.05, 0.1) is 11.1 Å². The number of carboxylic acid groups (broad SMARTS) is 2. The van der Waals surface area contributed by atoms with Crippen LogP contribution in [0.5, 0.6) is 0 Å². The topological polar surface area (TPSA) is 74.6 Å². The third-order valence-electron chi connectivity index (χ3n) is 1.74. The van der Waals surface area contributed by atoms with E-state index in [2.05, 4.69) is 0 Å². The maximum absolute atomic E-state index is 10.8. The van der Waals surface area contributed by atoms with Gasteiger partial charge in [-0.05, 0) is 24.6 Å². The average molecular weight is 215 g/mol. The van der Waals surface area contributed by atoms with Gasteiger partial charge in [-0.25, -0.2) is 9.59 Å². The van der Waals surface area contributed by atoms with Crippen LogP contribution in [-0.2, 0) is 0 Å². The molecule has 0 unspecified atom stereocenters. The summed E-state index contributed by atoms with van der Waals surface area (Å²) in [6, 6.07) is 2.54. The van der Waals surface area contributed by atoms with Gasteiger partial charge in [0.2, 0.25) is 0 Å². The number of benzene rings is 1. The fourth-order valence-corrected chi connectivity index (χ4v) is 1.47. The molecule has 0 atom stereocenters. The Morgan fingerprint density at radius 2 is 1.79 bits per heavy atom. The molecular weight excluding hydrogens is 208 g/mol. The highest BCUT2D eigenvalue weighted by Gasteiger charge is 2.18. The zero-order valence-electron chi connectivity index (χ0n) is 7.24. The normalized spacial score (nSPS) is 9.86. The standard InChI is InChI=1S/C9H7ClO4/c1-4-2-5(10)3-6(8(11)12)7(4)9(13)14/h2-3H,1H3,(H,11,12)(H,13,14). The van der Waals surface area contributed by atoms with Crippen molar-refractivity contribution in [3.63, 3.8) is 0 Å². The molecule has 0 amide bonds. The molecule has 0 saturated carbocycles. The smallest absolute Gasteiger partial charge is 0.336 e. The first-order valence-corrected chi connectivity index (χ1v) is 4.08. The Labute approximate surface area is 84.7 Å². The zero-order chi connectivity index (χ0) is 10.9. The molecule has 0 bridgehead atoms. The molecule has 1 rings (SSSR count). The molecule has 2 N–H and O–H groups in total. The number of halogens is 1. The molecule has 14 heavy (non-hydrogen) atoms. The highest BCUT2D eigenvalue weighted by Crippen LogP contribution is 2.20. The van der Waals surface area contributed by atoms with E-state index in [0.29, 0.717) is 5.56 Å². The molecule has 0 aromatic heterocycles. The molecule has 0 fully saturated rings. The minimum Gasteiger partial charge on any atom is -0.478 e. The molecule has 0 saturated heterocycles. The van der Waals surface area contributed by atoms with Gasteiger partial charge in [-0.1, -0.05) is 11.6 Å². The molecule has 5 heteroatoms. The lowest BCUT2D eigenvalue weighted by Gasteiger charge is -2.05. The largest absolute Gasteiger partial charge is 0.478 e. The van der Waals surface area contributed by atoms with Crippen molar-refractivity contribution in [3.05, 3.63) is 33.8 Å². The maximum Gasteiger partial charge on any atom is 0.336 e. The Kier molecular flexibility index (Phi) is 2.76. The van der Waals surface area contributed by atoms with E-state index in [1.54, 1.807) is 0 Å². The van der Waals surface area contributed by atoms with Crippen molar-refractivity contribution in [2.75, 3.05) is 0 Å². The second-order valence-corrected chi connectivity index (χ2v) is 3.19. The first kappa shape index (κ1) is 10.5. The Balaban J connectivity index is 3.52. The molecule has 1 aromatic carbocycles. The number of hydrogen-bond donors (Lipinski definition) is 2. The van der Waals surface area contributed by atoms with E-state index in [4.69, 9.17) is 21.8 Å². The van der Waals surface area contributed by atoms with Crippen LogP contribution in [0.4, 0.5) is 0 Å². The lowest BCUT2D eigenvalue weighted by atomic mass is 10.0. The fourth-order valence-electron chi connectivity index (χ4n) is 1.20. The highest BCUT2D eigenvalue weighted by molar-refractivity contribution is 6.31. The number of aryl methyl sites for hydroxylation is 1. The first-order valence-electron chi connectivity index (χ1n) is 3.70. The lowest BCUT2D eigenvalue weighted by molar-refractivity contribution is 0.0651. The van der Waals surface area contributed by atoms with E-state index in [0.717, 1.165) is 6.07 Å². The fraction of sp³-hybridized carbons (Fsp3) is 0.111. The van der Waals surface area contributed by atoms with Crippen LogP contribution in [0.25, 0.3) is 0 Å². The molecule has 1 aromatic rings. The number of aromatic carboxylic acids is 2. The molecule has 0 radical (unpaired) electrons. The summed E-state index contributed by atoms with van der Waals surface area (Å²) in [4.78, 5) is 21.5. The highest BCUT2D eigenvalue weighted by atomic mass is 35.5. The van der Waals surface area contributed by atoms with Crippen LogP contribution < -0.4 is 0 Å². The van der Waals surface area contributed by atoms with Gasteiger partial charge in [-0.2, -0.15) is 0 Å². The summed E-state index contributed by atoms with van der Waals surface area (Å²) in [5.74, 6) is -2.57. The third kappa shape index (κ3) is 1.85. The van der Waals surface area contributed by atoms with E-state index in [9.17, 15) is 9.59 Å². The van der Waals surface area contributed by atoms with E-state index in [1.807, 2.05) is 0 Å². The van der Waals surface area contributed by atoms with Crippen LogP contribution in [0.2, 0.25) is 5.02 Å². The van der Waals surface area contributed by atoms with Crippen LogP contribution in [-0.4, -0.2) is 22.2 Å². The number of carboxylic acids is 2. The Bertz CT molecular complexity index is 412. The molecule has 74 valence electrons. The van der Waals surface area contributed by atoms with Crippen molar-refractivity contribution in [2.24, 2.45) is 0 Å². The Morgan fingerprint density at radius 3 is 2.21 bits per heavy atom. The van der Waals surface area contributed by atoms with Crippen LogP contribution in [0.1, 0.15) is 26.3 Å². The van der Waals surface area contributed by atoms with Crippen molar-refractivity contribution in [1.82, 2.24) is 0 Å². The van der Waals surface area contributed by atoms with E-state index in [-0.39, 0.29) is 16.1 Å². The molecule has 0 aliphatic heterocycles. The second kappa shape index (κ2) is 3.67. The van der Waals surface area contributed by atoms with E-state index >= 15 is 0 Å². The quantitative estimate of drug-likeness (QED) is 0.790. The van der Waals surface area contributed by atoms with Gasteiger partial charge in [-0.15, -0.1) is 0 Å². The monoisotopic (exact) mass is 214 g/mol. The molecule has 0 spiro atoms. The van der Waals surface area contributed by atoms with Gasteiger partial charge in [0.15, 0.2) is 0 Å². The van der Waals surface area contributed by atoms with Crippen molar-refractivity contribution < 1.29 is 19.8 Å².